The molecule has 0 saturated heterocycles. The van der Waals surface area contributed by atoms with Crippen LogP contribution in [0.3, 0.4) is 0 Å². The summed E-state index contributed by atoms with van der Waals surface area (Å²) in [7, 11) is -3.88. The van der Waals surface area contributed by atoms with Crippen molar-refractivity contribution in [3.05, 3.63) is 83.9 Å². The zero-order chi connectivity index (χ0) is 29.8. The summed E-state index contributed by atoms with van der Waals surface area (Å²) in [5.74, 6) is -0.0454. The van der Waals surface area contributed by atoms with Crippen LogP contribution in [0.4, 0.5) is 0 Å². The van der Waals surface area contributed by atoms with Gasteiger partial charge in [-0.25, -0.2) is 13.1 Å². The molecule has 0 spiro atoms. The van der Waals surface area contributed by atoms with E-state index < -0.39 is 22.0 Å². The van der Waals surface area contributed by atoms with Crippen LogP contribution in [0.25, 0.3) is 11.1 Å². The van der Waals surface area contributed by atoms with E-state index in [-0.39, 0.29) is 30.4 Å². The van der Waals surface area contributed by atoms with Gasteiger partial charge in [-0.3, -0.25) is 4.79 Å². The molecule has 0 radical (unpaired) electrons. The highest BCUT2D eigenvalue weighted by Crippen LogP contribution is 2.32. The Hall–Kier alpha value is -3.44. The van der Waals surface area contributed by atoms with Crippen LogP contribution in [-0.2, 0) is 10.0 Å². The molecule has 1 fully saturated rings. The first-order valence-corrected chi connectivity index (χ1v) is 16.1. The molecule has 1 aliphatic rings. The normalized spacial score (nSPS) is 14.7. The molecule has 4 rings (SSSR count). The molecule has 9 nitrogen and oxygen atoms in total. The van der Waals surface area contributed by atoms with E-state index in [2.05, 4.69) is 10.0 Å². The lowest BCUT2D eigenvalue weighted by Gasteiger charge is -2.24. The molecule has 1 aliphatic carbocycles. The van der Waals surface area contributed by atoms with Gasteiger partial charge in [0.05, 0.1) is 23.5 Å². The number of benzene rings is 3. The Kier molecular flexibility index (Phi) is 11.8. The van der Waals surface area contributed by atoms with Gasteiger partial charge < -0.3 is 25.0 Å². The first-order chi connectivity index (χ1) is 20.3. The van der Waals surface area contributed by atoms with Crippen LogP contribution in [0.2, 0.25) is 0 Å². The molecule has 1 atom stereocenters. The van der Waals surface area contributed by atoms with Crippen molar-refractivity contribution in [2.45, 2.75) is 50.7 Å². The first kappa shape index (κ1) is 31.5. The number of amides is 1. The smallest absolute Gasteiger partial charge is 0.268 e. The van der Waals surface area contributed by atoms with Gasteiger partial charge >= 0.3 is 0 Å². The molecule has 1 amide bonds. The average Bonchev–Trinajstić information content (AvgIpc) is 3.01. The number of hydrogen-bond acceptors (Lipinski definition) is 8. The first-order valence-electron chi connectivity index (χ1n) is 14.5. The molecule has 0 aliphatic heterocycles. The summed E-state index contributed by atoms with van der Waals surface area (Å²) in [6.45, 7) is 1.16. The van der Waals surface area contributed by atoms with Gasteiger partial charge in [0, 0.05) is 19.7 Å². The number of ether oxygens (including phenoxy) is 2. The van der Waals surface area contributed by atoms with Crippen LogP contribution in [0.15, 0.2) is 72.8 Å². The van der Waals surface area contributed by atoms with Crippen LogP contribution in [0.1, 0.15) is 60.6 Å². The fraction of sp³-hybridized carbons (Fsp3) is 0.406. The summed E-state index contributed by atoms with van der Waals surface area (Å²) in [5.41, 5.74) is 2.73. The van der Waals surface area contributed by atoms with Crippen molar-refractivity contribution in [2.75, 3.05) is 32.1 Å². The monoisotopic (exact) mass is 596 g/mol. The van der Waals surface area contributed by atoms with Crippen molar-refractivity contribution >= 4 is 15.9 Å². The fourth-order valence-corrected chi connectivity index (χ4v) is 5.87. The lowest BCUT2D eigenvalue weighted by molar-refractivity contribution is 0.0969. The van der Waals surface area contributed by atoms with Crippen LogP contribution in [-0.4, -0.2) is 62.7 Å². The number of nitrogens with one attached hydrogen (secondary N) is 2. The second-order valence-corrected chi connectivity index (χ2v) is 12.3. The van der Waals surface area contributed by atoms with E-state index in [1.54, 1.807) is 18.2 Å². The van der Waals surface area contributed by atoms with Crippen LogP contribution < -0.4 is 19.5 Å². The Morgan fingerprint density at radius 3 is 2.38 bits per heavy atom. The van der Waals surface area contributed by atoms with Crippen molar-refractivity contribution in [3.63, 3.8) is 0 Å². The molecule has 226 valence electrons. The lowest BCUT2D eigenvalue weighted by atomic mass is 9.97. The Bertz CT molecular complexity index is 1380. The topological polar surface area (TPSA) is 134 Å². The summed E-state index contributed by atoms with van der Waals surface area (Å²) in [5, 5.41) is 22.4. The predicted octanol–water partition coefficient (Wildman–Crippen LogP) is 4.21. The second kappa shape index (κ2) is 15.7. The zero-order valence-corrected chi connectivity index (χ0v) is 24.5. The summed E-state index contributed by atoms with van der Waals surface area (Å²) in [6, 6.07) is 22.2. The number of rotatable bonds is 15. The minimum Gasteiger partial charge on any atom is -0.492 e. The van der Waals surface area contributed by atoms with Crippen LogP contribution in [0.5, 0.6) is 11.5 Å². The van der Waals surface area contributed by atoms with E-state index >= 15 is 0 Å². The average molecular weight is 597 g/mol. The second-order valence-electron chi connectivity index (χ2n) is 10.4. The Morgan fingerprint density at radius 1 is 0.952 bits per heavy atom. The molecule has 0 bridgehead atoms. The van der Waals surface area contributed by atoms with Gasteiger partial charge in [-0.1, -0.05) is 55.0 Å². The van der Waals surface area contributed by atoms with E-state index in [1.807, 2.05) is 54.6 Å². The number of aliphatic hydroxyl groups excluding tert-OH is 2. The fourth-order valence-electron chi connectivity index (χ4n) is 4.87. The quantitative estimate of drug-likeness (QED) is 0.192. The molecular weight excluding hydrogens is 556 g/mol. The summed E-state index contributed by atoms with van der Waals surface area (Å²) < 4.78 is 38.8. The highest BCUT2D eigenvalue weighted by molar-refractivity contribution is 7.90. The van der Waals surface area contributed by atoms with E-state index in [1.165, 1.54) is 0 Å². The minimum absolute atomic E-state index is 0.0373. The number of carbonyl (C=O) groups excluding carboxylic acids is 1. The summed E-state index contributed by atoms with van der Waals surface area (Å²) in [6.07, 6.45) is 4.43. The van der Waals surface area contributed by atoms with Crippen molar-refractivity contribution in [2.24, 2.45) is 0 Å². The molecule has 3 aromatic carbocycles. The molecular formula is C32H40N2O7S. The maximum Gasteiger partial charge on any atom is 0.268 e. The van der Waals surface area contributed by atoms with Crippen LogP contribution in [0, 0.1) is 0 Å². The SMILES string of the molecule is O=C(NS(=O)(=O)CCCO)c1ccc(-c2ccc(OCCNC[C@H](O)c3ccccc3)cc2)cc1OC1CCCCC1. The van der Waals surface area contributed by atoms with Gasteiger partial charge in [0.25, 0.3) is 5.91 Å². The van der Waals surface area contributed by atoms with E-state index in [0.717, 1.165) is 48.8 Å². The van der Waals surface area contributed by atoms with Gasteiger partial charge in [0.2, 0.25) is 10.0 Å². The van der Waals surface area contributed by atoms with E-state index in [0.29, 0.717) is 31.2 Å². The number of hydrogen-bond donors (Lipinski definition) is 4. The standard InChI is InChI=1S/C32H40N2O7S/c35-19-7-21-42(38,39)34-32(37)29-17-14-26(22-31(29)41-28-10-5-2-6-11-28)24-12-15-27(16-13-24)40-20-18-33-23-30(36)25-8-3-1-4-9-25/h1,3-4,8-9,12-17,22,28,30,33,35-36H,2,5-7,10-11,18-21,23H2,(H,34,37)/t30-/m0/s1. The molecule has 4 N–H and O–H groups in total. The van der Waals surface area contributed by atoms with Crippen molar-refractivity contribution in [1.29, 1.82) is 0 Å². The third kappa shape index (κ3) is 9.55. The summed E-state index contributed by atoms with van der Waals surface area (Å²) in [4.78, 5) is 13.0. The Balaban J connectivity index is 1.38. The third-order valence-corrected chi connectivity index (χ3v) is 8.47. The van der Waals surface area contributed by atoms with Gasteiger partial charge in [-0.15, -0.1) is 0 Å². The molecule has 42 heavy (non-hydrogen) atoms. The minimum atomic E-state index is -3.88. The van der Waals surface area contributed by atoms with Gasteiger partial charge in [0.1, 0.15) is 18.1 Å². The maximum atomic E-state index is 13.0. The summed E-state index contributed by atoms with van der Waals surface area (Å²) >= 11 is 0. The molecule has 1 saturated carbocycles. The number of carbonyl (C=O) groups is 1. The maximum absolute atomic E-state index is 13.0. The highest BCUT2D eigenvalue weighted by Gasteiger charge is 2.23. The predicted molar refractivity (Wildman–Crippen MR) is 162 cm³/mol. The Labute approximate surface area is 247 Å². The van der Waals surface area contributed by atoms with Crippen LogP contribution >= 0.6 is 0 Å². The number of sulfonamides is 1. The molecule has 0 heterocycles. The van der Waals surface area contributed by atoms with Gasteiger partial charge in [-0.05, 0) is 73.1 Å². The Morgan fingerprint density at radius 2 is 1.67 bits per heavy atom. The third-order valence-electron chi connectivity index (χ3n) is 7.15. The van der Waals surface area contributed by atoms with Gasteiger partial charge in [-0.2, -0.15) is 0 Å². The van der Waals surface area contributed by atoms with E-state index in [4.69, 9.17) is 14.6 Å². The highest BCUT2D eigenvalue weighted by atomic mass is 32.2. The number of aliphatic hydroxyl groups is 2. The molecule has 3 aromatic rings. The molecule has 0 aromatic heterocycles. The van der Waals surface area contributed by atoms with E-state index in [9.17, 15) is 18.3 Å². The van der Waals surface area contributed by atoms with Crippen molar-refractivity contribution in [1.82, 2.24) is 10.0 Å². The van der Waals surface area contributed by atoms with Gasteiger partial charge in [0.15, 0.2) is 0 Å². The largest absolute Gasteiger partial charge is 0.492 e. The zero-order valence-electron chi connectivity index (χ0n) is 23.7. The molecule has 10 heteroatoms. The van der Waals surface area contributed by atoms with Crippen molar-refractivity contribution < 1.29 is 32.9 Å². The lowest BCUT2D eigenvalue weighted by Crippen LogP contribution is -2.33. The molecule has 0 unspecified atom stereocenters. The van der Waals surface area contributed by atoms with Crippen molar-refractivity contribution in [3.8, 4) is 22.6 Å².